The second kappa shape index (κ2) is 4.94. The summed E-state index contributed by atoms with van der Waals surface area (Å²) in [5, 5.41) is 0.0797. The summed E-state index contributed by atoms with van der Waals surface area (Å²) in [5.74, 6) is 0. The van der Waals surface area contributed by atoms with Crippen molar-refractivity contribution >= 4 is 10.0 Å². The normalized spacial score (nSPS) is 12.9. The molecule has 1 heterocycles. The Balaban J connectivity index is 2.62. The van der Waals surface area contributed by atoms with Gasteiger partial charge in [-0.05, 0) is 18.4 Å². The van der Waals surface area contributed by atoms with E-state index in [1.165, 1.54) is 12.5 Å². The largest absolute Gasteiger partial charge is 0.335 e. The summed E-state index contributed by atoms with van der Waals surface area (Å²) in [6.07, 6.45) is 3.37. The number of nitrogens with two attached hydrogens (primary N) is 1. The van der Waals surface area contributed by atoms with Crippen LogP contribution in [-0.2, 0) is 10.0 Å². The number of hydrogen-bond donors (Lipinski definition) is 3. The lowest BCUT2D eigenvalue weighted by atomic mass is 9.90. The van der Waals surface area contributed by atoms with Gasteiger partial charge in [0.2, 0.25) is 0 Å². The summed E-state index contributed by atoms with van der Waals surface area (Å²) in [5.41, 5.74) is 5.30. The van der Waals surface area contributed by atoms with Gasteiger partial charge in [-0.1, -0.05) is 13.8 Å². The average molecular weight is 246 g/mol. The quantitative estimate of drug-likeness (QED) is 0.660. The predicted octanol–water partition coefficient (Wildman–Crippen LogP) is 0.0630. The summed E-state index contributed by atoms with van der Waals surface area (Å²) < 4.78 is 26.0. The Morgan fingerprint density at radius 2 is 2.25 bits per heavy atom. The van der Waals surface area contributed by atoms with E-state index in [-0.39, 0.29) is 10.4 Å². The summed E-state index contributed by atoms with van der Waals surface area (Å²) in [4.78, 5) is 6.23. The molecule has 0 atom stereocenters. The number of aromatic nitrogens is 2. The molecular weight excluding hydrogens is 228 g/mol. The topological polar surface area (TPSA) is 101 Å². The Morgan fingerprint density at radius 1 is 1.56 bits per heavy atom. The fourth-order valence-electron chi connectivity index (χ4n) is 1.24. The van der Waals surface area contributed by atoms with Crippen molar-refractivity contribution in [3.8, 4) is 0 Å². The van der Waals surface area contributed by atoms with Crippen LogP contribution in [0.3, 0.4) is 0 Å². The van der Waals surface area contributed by atoms with E-state index in [0.29, 0.717) is 13.1 Å². The number of nitrogens with one attached hydrogen (secondary N) is 2. The molecule has 0 aliphatic heterocycles. The first kappa shape index (κ1) is 13.1. The maximum Gasteiger partial charge on any atom is 0.257 e. The van der Waals surface area contributed by atoms with Crippen LogP contribution in [0.1, 0.15) is 20.3 Å². The molecule has 0 aliphatic rings. The summed E-state index contributed by atoms with van der Waals surface area (Å²) in [6, 6.07) is 0. The van der Waals surface area contributed by atoms with Crippen molar-refractivity contribution in [3.05, 3.63) is 12.5 Å². The number of imidazole rings is 1. The standard InChI is InChI=1S/C9H18N4O2S/c1-9(2,3-4-10)6-13-16(14,15)8-5-11-7-12-8/h5,7,13H,3-4,6,10H2,1-2H3,(H,11,12). The van der Waals surface area contributed by atoms with E-state index in [9.17, 15) is 8.42 Å². The Labute approximate surface area is 95.7 Å². The molecule has 0 aromatic carbocycles. The lowest BCUT2D eigenvalue weighted by Gasteiger charge is -2.23. The fourth-order valence-corrected chi connectivity index (χ4v) is 2.38. The Morgan fingerprint density at radius 3 is 2.75 bits per heavy atom. The van der Waals surface area contributed by atoms with E-state index in [1.807, 2.05) is 13.8 Å². The number of rotatable bonds is 6. The summed E-state index contributed by atoms with van der Waals surface area (Å²) in [6.45, 7) is 4.83. The molecule has 1 aromatic heterocycles. The second-order valence-corrected chi connectivity index (χ2v) is 6.18. The maximum atomic E-state index is 11.7. The first-order valence-electron chi connectivity index (χ1n) is 5.05. The van der Waals surface area contributed by atoms with Crippen molar-refractivity contribution < 1.29 is 8.42 Å². The zero-order valence-electron chi connectivity index (χ0n) is 9.53. The van der Waals surface area contributed by atoms with E-state index in [2.05, 4.69) is 14.7 Å². The highest BCUT2D eigenvalue weighted by atomic mass is 32.2. The minimum absolute atomic E-state index is 0.0797. The molecule has 0 unspecified atom stereocenters. The smallest absolute Gasteiger partial charge is 0.257 e. The van der Waals surface area contributed by atoms with E-state index >= 15 is 0 Å². The van der Waals surface area contributed by atoms with Crippen LogP contribution >= 0.6 is 0 Å². The Kier molecular flexibility index (Phi) is 4.06. The number of nitrogens with zero attached hydrogens (tertiary/aromatic N) is 1. The highest BCUT2D eigenvalue weighted by molar-refractivity contribution is 7.89. The molecule has 0 radical (unpaired) electrons. The molecule has 6 nitrogen and oxygen atoms in total. The van der Waals surface area contributed by atoms with Gasteiger partial charge in [0, 0.05) is 6.54 Å². The Bertz CT molecular complexity index is 411. The van der Waals surface area contributed by atoms with Crippen LogP contribution in [0.5, 0.6) is 0 Å². The van der Waals surface area contributed by atoms with Gasteiger partial charge >= 0.3 is 0 Å². The van der Waals surface area contributed by atoms with Crippen LogP contribution in [0.15, 0.2) is 17.6 Å². The second-order valence-electron chi connectivity index (χ2n) is 4.44. The fraction of sp³-hybridized carbons (Fsp3) is 0.667. The number of hydrogen-bond acceptors (Lipinski definition) is 4. The molecule has 0 aliphatic carbocycles. The lowest BCUT2D eigenvalue weighted by Crippen LogP contribution is -2.35. The third-order valence-electron chi connectivity index (χ3n) is 2.32. The summed E-state index contributed by atoms with van der Waals surface area (Å²) >= 11 is 0. The van der Waals surface area contributed by atoms with Crippen LogP contribution < -0.4 is 10.5 Å². The highest BCUT2D eigenvalue weighted by Gasteiger charge is 2.22. The molecule has 1 aromatic rings. The third-order valence-corrected chi connectivity index (χ3v) is 3.65. The van der Waals surface area contributed by atoms with Gasteiger partial charge in [0.15, 0.2) is 5.03 Å². The molecule has 0 fully saturated rings. The molecule has 4 N–H and O–H groups in total. The SMILES string of the molecule is CC(C)(CCN)CNS(=O)(=O)c1cnc[nH]1. The highest BCUT2D eigenvalue weighted by Crippen LogP contribution is 2.18. The van der Waals surface area contributed by atoms with E-state index in [1.54, 1.807) is 0 Å². The number of H-pyrrole nitrogens is 1. The van der Waals surface area contributed by atoms with Crippen LogP contribution in [0, 0.1) is 5.41 Å². The number of sulfonamides is 1. The van der Waals surface area contributed by atoms with E-state index in [4.69, 9.17) is 5.73 Å². The van der Waals surface area contributed by atoms with Crippen LogP contribution in [0.4, 0.5) is 0 Å². The van der Waals surface area contributed by atoms with Gasteiger partial charge in [-0.2, -0.15) is 0 Å². The first-order valence-corrected chi connectivity index (χ1v) is 6.54. The molecule has 0 saturated carbocycles. The minimum Gasteiger partial charge on any atom is -0.335 e. The van der Waals surface area contributed by atoms with Crippen molar-refractivity contribution in [2.24, 2.45) is 11.1 Å². The molecule has 0 amide bonds. The maximum absolute atomic E-state index is 11.7. The van der Waals surface area contributed by atoms with Crippen molar-refractivity contribution in [1.29, 1.82) is 0 Å². The zero-order valence-corrected chi connectivity index (χ0v) is 10.3. The molecule has 0 saturated heterocycles. The molecule has 1 rings (SSSR count). The molecule has 0 bridgehead atoms. The molecule has 16 heavy (non-hydrogen) atoms. The van der Waals surface area contributed by atoms with Gasteiger partial charge in [-0.3, -0.25) is 0 Å². The van der Waals surface area contributed by atoms with Gasteiger partial charge in [-0.25, -0.2) is 18.1 Å². The Hall–Kier alpha value is -0.920. The van der Waals surface area contributed by atoms with Crippen LogP contribution in [0.25, 0.3) is 0 Å². The zero-order chi connectivity index (χ0) is 12.2. The number of aromatic amines is 1. The summed E-state index contributed by atoms with van der Waals surface area (Å²) in [7, 11) is -3.48. The van der Waals surface area contributed by atoms with E-state index in [0.717, 1.165) is 6.42 Å². The van der Waals surface area contributed by atoms with Gasteiger partial charge in [0.1, 0.15) is 0 Å². The van der Waals surface area contributed by atoms with Crippen molar-refractivity contribution in [3.63, 3.8) is 0 Å². The van der Waals surface area contributed by atoms with Gasteiger partial charge in [0.05, 0.1) is 12.5 Å². The van der Waals surface area contributed by atoms with Gasteiger partial charge < -0.3 is 10.7 Å². The third kappa shape index (κ3) is 3.58. The van der Waals surface area contributed by atoms with Crippen molar-refractivity contribution in [2.45, 2.75) is 25.3 Å². The van der Waals surface area contributed by atoms with Crippen LogP contribution in [0.2, 0.25) is 0 Å². The van der Waals surface area contributed by atoms with E-state index < -0.39 is 10.0 Å². The molecule has 0 spiro atoms. The molecule has 92 valence electrons. The monoisotopic (exact) mass is 246 g/mol. The minimum atomic E-state index is -3.48. The van der Waals surface area contributed by atoms with Crippen molar-refractivity contribution in [1.82, 2.24) is 14.7 Å². The first-order chi connectivity index (χ1) is 7.37. The van der Waals surface area contributed by atoms with Gasteiger partial charge in [-0.15, -0.1) is 0 Å². The lowest BCUT2D eigenvalue weighted by molar-refractivity contribution is 0.340. The average Bonchev–Trinajstić information content (AvgIpc) is 2.68. The van der Waals surface area contributed by atoms with Crippen LogP contribution in [-0.4, -0.2) is 31.5 Å². The predicted molar refractivity (Wildman–Crippen MR) is 61.2 cm³/mol. The molecular formula is C9H18N4O2S. The molecule has 7 heteroatoms. The van der Waals surface area contributed by atoms with Crippen molar-refractivity contribution in [2.75, 3.05) is 13.1 Å². The van der Waals surface area contributed by atoms with Gasteiger partial charge in [0.25, 0.3) is 10.0 Å².